The Hall–Kier alpha value is -2.68. The number of benzene rings is 2. The predicted molar refractivity (Wildman–Crippen MR) is 87.8 cm³/mol. The molecule has 1 heterocycles. The van der Waals surface area contributed by atoms with Crippen LogP contribution in [0.25, 0.3) is 22.0 Å². The molecule has 22 heavy (non-hydrogen) atoms. The Morgan fingerprint density at radius 2 is 1.68 bits per heavy atom. The second-order valence-corrected chi connectivity index (χ2v) is 5.89. The zero-order chi connectivity index (χ0) is 15.7. The number of carboxylic acid groups (broad SMARTS) is 1. The number of nitrogens with zero attached hydrogens (tertiary/aromatic N) is 1. The van der Waals surface area contributed by atoms with Gasteiger partial charge in [-0.2, -0.15) is 0 Å². The average Bonchev–Trinajstić information content (AvgIpc) is 2.54. The summed E-state index contributed by atoms with van der Waals surface area (Å²) in [4.78, 5) is 15.8. The smallest absolute Gasteiger partial charge is 0.313 e. The van der Waals surface area contributed by atoms with Crippen LogP contribution in [0.1, 0.15) is 19.4 Å². The SMILES string of the molecule is CC(C)(C(=O)O)c1ccc(-c2cccc3cccnc23)cc1. The van der Waals surface area contributed by atoms with Gasteiger partial charge in [-0.3, -0.25) is 9.78 Å². The fourth-order valence-corrected chi connectivity index (χ4v) is 2.53. The van der Waals surface area contributed by atoms with Crippen molar-refractivity contribution in [2.24, 2.45) is 0 Å². The van der Waals surface area contributed by atoms with E-state index in [1.54, 1.807) is 20.0 Å². The van der Waals surface area contributed by atoms with E-state index in [9.17, 15) is 9.90 Å². The predicted octanol–water partition coefficient (Wildman–Crippen LogP) is 4.26. The van der Waals surface area contributed by atoms with Crippen molar-refractivity contribution in [1.82, 2.24) is 4.98 Å². The summed E-state index contributed by atoms with van der Waals surface area (Å²) < 4.78 is 0. The maximum absolute atomic E-state index is 11.3. The van der Waals surface area contributed by atoms with Gasteiger partial charge >= 0.3 is 5.97 Å². The highest BCUT2D eigenvalue weighted by Crippen LogP contribution is 2.30. The van der Waals surface area contributed by atoms with Gasteiger partial charge in [0.25, 0.3) is 0 Å². The molecule has 3 nitrogen and oxygen atoms in total. The monoisotopic (exact) mass is 291 g/mol. The van der Waals surface area contributed by atoms with Crippen LogP contribution in [0.4, 0.5) is 0 Å². The Morgan fingerprint density at radius 1 is 1.00 bits per heavy atom. The number of hydrogen-bond donors (Lipinski definition) is 1. The normalized spacial score (nSPS) is 11.5. The minimum Gasteiger partial charge on any atom is -0.481 e. The Morgan fingerprint density at radius 3 is 2.36 bits per heavy atom. The maximum atomic E-state index is 11.3. The summed E-state index contributed by atoms with van der Waals surface area (Å²) in [5, 5.41) is 10.4. The van der Waals surface area contributed by atoms with E-state index in [0.717, 1.165) is 27.6 Å². The second-order valence-electron chi connectivity index (χ2n) is 5.89. The number of pyridine rings is 1. The Bertz CT molecular complexity index is 830. The molecule has 0 amide bonds. The molecule has 0 spiro atoms. The van der Waals surface area contributed by atoms with E-state index < -0.39 is 11.4 Å². The topological polar surface area (TPSA) is 50.2 Å². The Labute approximate surface area is 129 Å². The van der Waals surface area contributed by atoms with Crippen molar-refractivity contribution in [2.75, 3.05) is 0 Å². The molecular weight excluding hydrogens is 274 g/mol. The van der Waals surface area contributed by atoms with Crippen molar-refractivity contribution < 1.29 is 9.90 Å². The molecule has 0 radical (unpaired) electrons. The van der Waals surface area contributed by atoms with Crippen molar-refractivity contribution in [3.8, 4) is 11.1 Å². The fraction of sp³-hybridized carbons (Fsp3) is 0.158. The standard InChI is InChI=1S/C19H17NO2/c1-19(2,18(21)22)15-10-8-13(9-11-15)16-7-3-5-14-6-4-12-20-17(14)16/h3-12H,1-2H3,(H,21,22). The van der Waals surface area contributed by atoms with Gasteiger partial charge in [-0.25, -0.2) is 0 Å². The molecule has 2 aromatic carbocycles. The molecule has 0 saturated heterocycles. The van der Waals surface area contributed by atoms with Crippen molar-refractivity contribution >= 4 is 16.9 Å². The highest BCUT2D eigenvalue weighted by Gasteiger charge is 2.29. The van der Waals surface area contributed by atoms with Gasteiger partial charge < -0.3 is 5.11 Å². The molecule has 0 atom stereocenters. The molecule has 110 valence electrons. The summed E-state index contributed by atoms with van der Waals surface area (Å²) in [6.45, 7) is 3.42. The van der Waals surface area contributed by atoms with Crippen LogP contribution in [0.3, 0.4) is 0 Å². The molecule has 0 bridgehead atoms. The molecule has 0 aliphatic carbocycles. The third kappa shape index (κ3) is 2.35. The number of carboxylic acids is 1. The molecule has 0 aliphatic rings. The lowest BCUT2D eigenvalue weighted by Crippen LogP contribution is -2.28. The summed E-state index contributed by atoms with van der Waals surface area (Å²) >= 11 is 0. The van der Waals surface area contributed by atoms with Gasteiger partial charge in [-0.15, -0.1) is 0 Å². The lowest BCUT2D eigenvalue weighted by Gasteiger charge is -2.20. The summed E-state index contributed by atoms with van der Waals surface area (Å²) in [6.07, 6.45) is 1.79. The van der Waals surface area contributed by atoms with E-state index in [4.69, 9.17) is 0 Å². The number of aromatic nitrogens is 1. The summed E-state index contributed by atoms with van der Waals surface area (Å²) in [5.41, 5.74) is 2.94. The van der Waals surface area contributed by atoms with Crippen LogP contribution in [0.5, 0.6) is 0 Å². The summed E-state index contributed by atoms with van der Waals surface area (Å²) in [7, 11) is 0. The van der Waals surface area contributed by atoms with Crippen LogP contribution in [-0.4, -0.2) is 16.1 Å². The van der Waals surface area contributed by atoms with E-state index in [1.807, 2.05) is 54.6 Å². The first kappa shape index (κ1) is 14.3. The van der Waals surface area contributed by atoms with Crippen molar-refractivity contribution in [2.45, 2.75) is 19.3 Å². The molecule has 3 heteroatoms. The largest absolute Gasteiger partial charge is 0.481 e. The number of carbonyl (C=O) groups is 1. The summed E-state index contributed by atoms with van der Waals surface area (Å²) in [6, 6.07) is 17.7. The third-order valence-corrected chi connectivity index (χ3v) is 4.08. The second kappa shape index (κ2) is 5.26. The highest BCUT2D eigenvalue weighted by molar-refractivity contribution is 5.93. The fourth-order valence-electron chi connectivity index (χ4n) is 2.53. The van der Waals surface area contributed by atoms with Crippen LogP contribution in [0.15, 0.2) is 60.8 Å². The molecule has 3 aromatic rings. The maximum Gasteiger partial charge on any atom is 0.313 e. The van der Waals surface area contributed by atoms with Gasteiger partial charge in [-0.05, 0) is 31.0 Å². The summed E-state index contributed by atoms with van der Waals surface area (Å²) in [5.74, 6) is -0.827. The Balaban J connectivity index is 2.08. The average molecular weight is 291 g/mol. The van der Waals surface area contributed by atoms with Crippen LogP contribution >= 0.6 is 0 Å². The van der Waals surface area contributed by atoms with E-state index >= 15 is 0 Å². The highest BCUT2D eigenvalue weighted by atomic mass is 16.4. The molecule has 0 saturated carbocycles. The van der Waals surface area contributed by atoms with Gasteiger partial charge in [0.1, 0.15) is 0 Å². The molecule has 1 aromatic heterocycles. The zero-order valence-corrected chi connectivity index (χ0v) is 12.6. The Kier molecular flexibility index (Phi) is 3.41. The number of aliphatic carboxylic acids is 1. The first-order valence-electron chi connectivity index (χ1n) is 7.18. The molecular formula is C19H17NO2. The first-order valence-corrected chi connectivity index (χ1v) is 7.18. The van der Waals surface area contributed by atoms with Crippen LogP contribution in [-0.2, 0) is 10.2 Å². The first-order chi connectivity index (χ1) is 10.5. The van der Waals surface area contributed by atoms with Crippen LogP contribution < -0.4 is 0 Å². The van der Waals surface area contributed by atoms with Crippen molar-refractivity contribution in [3.05, 3.63) is 66.4 Å². The van der Waals surface area contributed by atoms with Gasteiger partial charge in [-0.1, -0.05) is 48.5 Å². The van der Waals surface area contributed by atoms with Gasteiger partial charge in [0, 0.05) is 17.1 Å². The van der Waals surface area contributed by atoms with Gasteiger partial charge in [0.15, 0.2) is 0 Å². The quantitative estimate of drug-likeness (QED) is 0.784. The minimum atomic E-state index is -0.893. The molecule has 1 N–H and O–H groups in total. The van der Waals surface area contributed by atoms with Gasteiger partial charge in [0.05, 0.1) is 10.9 Å². The molecule has 3 rings (SSSR count). The lowest BCUT2D eigenvalue weighted by atomic mass is 9.84. The zero-order valence-electron chi connectivity index (χ0n) is 12.6. The van der Waals surface area contributed by atoms with Crippen molar-refractivity contribution in [3.63, 3.8) is 0 Å². The molecule has 0 unspecified atom stereocenters. The van der Waals surface area contributed by atoms with Crippen LogP contribution in [0, 0.1) is 0 Å². The minimum absolute atomic E-state index is 0.789. The molecule has 0 fully saturated rings. The number of fused-ring (bicyclic) bond motifs is 1. The van der Waals surface area contributed by atoms with E-state index in [-0.39, 0.29) is 0 Å². The van der Waals surface area contributed by atoms with Gasteiger partial charge in [0.2, 0.25) is 0 Å². The van der Waals surface area contributed by atoms with Crippen LogP contribution in [0.2, 0.25) is 0 Å². The van der Waals surface area contributed by atoms with E-state index in [0.29, 0.717) is 0 Å². The lowest BCUT2D eigenvalue weighted by molar-refractivity contribution is -0.142. The third-order valence-electron chi connectivity index (χ3n) is 4.08. The van der Waals surface area contributed by atoms with E-state index in [1.165, 1.54) is 0 Å². The number of para-hydroxylation sites is 1. The van der Waals surface area contributed by atoms with Crippen molar-refractivity contribution in [1.29, 1.82) is 0 Å². The van der Waals surface area contributed by atoms with E-state index in [2.05, 4.69) is 4.98 Å². The number of hydrogen-bond acceptors (Lipinski definition) is 2. The number of rotatable bonds is 3. The molecule has 0 aliphatic heterocycles.